The standard InChI is InChI=1S/C21H25NO3/c1-25-21(24)17-8-6-7-16(15-17)11-12-19(22-13-4-5-14-22)18-9-2-3-10-20(18)23/h2-3,6-10,15,19,23H,4-5,11-14H2,1H3. The summed E-state index contributed by atoms with van der Waals surface area (Å²) in [6.45, 7) is 2.14. The first-order valence-corrected chi connectivity index (χ1v) is 8.88. The smallest absolute Gasteiger partial charge is 0.337 e. The molecule has 4 heteroatoms. The molecule has 132 valence electrons. The number of phenols is 1. The molecule has 0 aromatic heterocycles. The SMILES string of the molecule is COC(=O)c1cccc(CCC(c2ccccc2O)N2CCCC2)c1. The number of para-hydroxylation sites is 1. The fourth-order valence-electron chi connectivity index (χ4n) is 3.63. The Morgan fingerprint density at radius 3 is 2.64 bits per heavy atom. The molecule has 1 saturated heterocycles. The van der Waals surface area contributed by atoms with Gasteiger partial charge in [0.25, 0.3) is 0 Å². The highest BCUT2D eigenvalue weighted by atomic mass is 16.5. The maximum Gasteiger partial charge on any atom is 0.337 e. The molecule has 2 aromatic carbocycles. The normalized spacial score (nSPS) is 15.9. The van der Waals surface area contributed by atoms with Gasteiger partial charge in [-0.3, -0.25) is 4.90 Å². The molecule has 1 atom stereocenters. The van der Waals surface area contributed by atoms with Gasteiger partial charge in [0.1, 0.15) is 5.75 Å². The Balaban J connectivity index is 1.77. The first kappa shape index (κ1) is 17.5. The number of rotatable bonds is 6. The van der Waals surface area contributed by atoms with E-state index < -0.39 is 0 Å². The molecule has 1 aliphatic heterocycles. The fraction of sp³-hybridized carbons (Fsp3) is 0.381. The van der Waals surface area contributed by atoms with E-state index in [1.807, 2.05) is 36.4 Å². The number of benzene rings is 2. The van der Waals surface area contributed by atoms with E-state index in [1.54, 1.807) is 12.1 Å². The Labute approximate surface area is 149 Å². The van der Waals surface area contributed by atoms with Gasteiger partial charge >= 0.3 is 5.97 Å². The van der Waals surface area contributed by atoms with Gasteiger partial charge in [-0.15, -0.1) is 0 Å². The number of hydrogen-bond donors (Lipinski definition) is 1. The number of hydrogen-bond acceptors (Lipinski definition) is 4. The number of carbonyl (C=O) groups excluding carboxylic acids is 1. The molecular weight excluding hydrogens is 314 g/mol. The number of ether oxygens (including phenoxy) is 1. The lowest BCUT2D eigenvalue weighted by Crippen LogP contribution is -2.26. The van der Waals surface area contributed by atoms with Crippen LogP contribution in [0.4, 0.5) is 0 Å². The number of aryl methyl sites for hydroxylation is 1. The van der Waals surface area contributed by atoms with Crippen molar-refractivity contribution in [2.75, 3.05) is 20.2 Å². The predicted octanol–water partition coefficient (Wildman–Crippen LogP) is 3.95. The number of aromatic hydroxyl groups is 1. The number of carbonyl (C=O) groups is 1. The van der Waals surface area contributed by atoms with Crippen LogP contribution in [-0.4, -0.2) is 36.2 Å². The Bertz CT molecular complexity index is 723. The topological polar surface area (TPSA) is 49.8 Å². The molecule has 2 aromatic rings. The van der Waals surface area contributed by atoms with Crippen LogP contribution in [0.25, 0.3) is 0 Å². The van der Waals surface area contributed by atoms with Crippen LogP contribution >= 0.6 is 0 Å². The number of esters is 1. The zero-order valence-electron chi connectivity index (χ0n) is 14.6. The van der Waals surface area contributed by atoms with Crippen molar-refractivity contribution in [2.45, 2.75) is 31.7 Å². The van der Waals surface area contributed by atoms with Crippen molar-refractivity contribution in [3.8, 4) is 5.75 Å². The van der Waals surface area contributed by atoms with Crippen molar-refractivity contribution < 1.29 is 14.6 Å². The van der Waals surface area contributed by atoms with Gasteiger partial charge in [0.05, 0.1) is 12.7 Å². The lowest BCUT2D eigenvalue weighted by atomic mass is 9.96. The zero-order valence-corrected chi connectivity index (χ0v) is 14.6. The molecule has 0 saturated carbocycles. The summed E-state index contributed by atoms with van der Waals surface area (Å²) in [5, 5.41) is 10.3. The maximum absolute atomic E-state index is 11.7. The van der Waals surface area contributed by atoms with Gasteiger partial charge in [-0.25, -0.2) is 4.79 Å². The molecule has 1 aliphatic rings. The van der Waals surface area contributed by atoms with Crippen molar-refractivity contribution >= 4 is 5.97 Å². The molecule has 1 N–H and O–H groups in total. The first-order valence-electron chi connectivity index (χ1n) is 8.88. The third kappa shape index (κ3) is 4.20. The molecule has 0 radical (unpaired) electrons. The number of nitrogens with zero attached hydrogens (tertiary/aromatic N) is 1. The van der Waals surface area contributed by atoms with Gasteiger partial charge < -0.3 is 9.84 Å². The molecule has 25 heavy (non-hydrogen) atoms. The molecule has 0 amide bonds. The van der Waals surface area contributed by atoms with Gasteiger partial charge in [-0.2, -0.15) is 0 Å². The van der Waals surface area contributed by atoms with E-state index in [0.29, 0.717) is 11.3 Å². The Morgan fingerprint density at radius 2 is 1.92 bits per heavy atom. The predicted molar refractivity (Wildman–Crippen MR) is 97.8 cm³/mol. The summed E-state index contributed by atoms with van der Waals surface area (Å²) in [4.78, 5) is 14.2. The van der Waals surface area contributed by atoms with Crippen LogP contribution in [0, 0.1) is 0 Å². The van der Waals surface area contributed by atoms with Crippen LogP contribution in [0.1, 0.15) is 46.8 Å². The van der Waals surface area contributed by atoms with E-state index in [-0.39, 0.29) is 12.0 Å². The number of methoxy groups -OCH3 is 1. The first-order chi connectivity index (χ1) is 12.2. The van der Waals surface area contributed by atoms with Crippen molar-refractivity contribution in [1.29, 1.82) is 0 Å². The van der Waals surface area contributed by atoms with Gasteiger partial charge in [0.2, 0.25) is 0 Å². The molecule has 1 unspecified atom stereocenters. The summed E-state index contributed by atoms with van der Waals surface area (Å²) >= 11 is 0. The second-order valence-electron chi connectivity index (χ2n) is 6.55. The summed E-state index contributed by atoms with van der Waals surface area (Å²) in [5.74, 6) is 0.0568. The van der Waals surface area contributed by atoms with Gasteiger partial charge in [-0.05, 0) is 62.5 Å². The van der Waals surface area contributed by atoms with E-state index in [2.05, 4.69) is 4.90 Å². The van der Waals surface area contributed by atoms with Gasteiger partial charge in [0.15, 0.2) is 0 Å². The number of likely N-dealkylation sites (tertiary alicyclic amines) is 1. The monoisotopic (exact) mass is 339 g/mol. The molecule has 0 bridgehead atoms. The Hall–Kier alpha value is -2.33. The number of phenolic OH excluding ortho intramolecular Hbond substituents is 1. The quantitative estimate of drug-likeness (QED) is 0.810. The molecular formula is C21H25NO3. The summed E-state index contributed by atoms with van der Waals surface area (Å²) in [6.07, 6.45) is 4.17. The maximum atomic E-state index is 11.7. The average molecular weight is 339 g/mol. The van der Waals surface area contributed by atoms with E-state index >= 15 is 0 Å². The van der Waals surface area contributed by atoms with Crippen LogP contribution < -0.4 is 0 Å². The summed E-state index contributed by atoms with van der Waals surface area (Å²) in [7, 11) is 1.40. The van der Waals surface area contributed by atoms with Crippen LogP contribution in [0.2, 0.25) is 0 Å². The third-order valence-corrected chi connectivity index (χ3v) is 4.93. The zero-order chi connectivity index (χ0) is 17.6. The minimum absolute atomic E-state index is 0.200. The van der Waals surface area contributed by atoms with Crippen molar-refractivity contribution in [3.05, 3.63) is 65.2 Å². The largest absolute Gasteiger partial charge is 0.508 e. The van der Waals surface area contributed by atoms with Gasteiger partial charge in [-0.1, -0.05) is 30.3 Å². The van der Waals surface area contributed by atoms with E-state index in [0.717, 1.165) is 37.1 Å². The van der Waals surface area contributed by atoms with E-state index in [4.69, 9.17) is 4.74 Å². The highest BCUT2D eigenvalue weighted by Crippen LogP contribution is 2.34. The lowest BCUT2D eigenvalue weighted by molar-refractivity contribution is 0.0600. The molecule has 1 fully saturated rings. The summed E-state index contributed by atoms with van der Waals surface area (Å²) in [6, 6.07) is 15.4. The second-order valence-corrected chi connectivity index (χ2v) is 6.55. The molecule has 4 nitrogen and oxygen atoms in total. The highest BCUT2D eigenvalue weighted by molar-refractivity contribution is 5.89. The fourth-order valence-corrected chi connectivity index (χ4v) is 3.63. The highest BCUT2D eigenvalue weighted by Gasteiger charge is 2.25. The van der Waals surface area contributed by atoms with E-state index in [9.17, 15) is 9.90 Å². The van der Waals surface area contributed by atoms with Crippen LogP contribution in [0.5, 0.6) is 5.75 Å². The minimum atomic E-state index is -0.307. The Kier molecular flexibility index (Phi) is 5.71. The van der Waals surface area contributed by atoms with Crippen molar-refractivity contribution in [2.24, 2.45) is 0 Å². The average Bonchev–Trinajstić information content (AvgIpc) is 3.17. The van der Waals surface area contributed by atoms with Crippen LogP contribution in [-0.2, 0) is 11.2 Å². The molecule has 0 spiro atoms. The second kappa shape index (κ2) is 8.17. The van der Waals surface area contributed by atoms with E-state index in [1.165, 1.54) is 20.0 Å². The molecule has 1 heterocycles. The van der Waals surface area contributed by atoms with Gasteiger partial charge in [0, 0.05) is 11.6 Å². The van der Waals surface area contributed by atoms with Crippen molar-refractivity contribution in [1.82, 2.24) is 4.90 Å². The van der Waals surface area contributed by atoms with Crippen LogP contribution in [0.15, 0.2) is 48.5 Å². The van der Waals surface area contributed by atoms with Crippen LogP contribution in [0.3, 0.4) is 0 Å². The third-order valence-electron chi connectivity index (χ3n) is 4.93. The lowest BCUT2D eigenvalue weighted by Gasteiger charge is -2.28. The Morgan fingerprint density at radius 1 is 1.16 bits per heavy atom. The molecule has 3 rings (SSSR count). The van der Waals surface area contributed by atoms with Crippen molar-refractivity contribution in [3.63, 3.8) is 0 Å². The summed E-state index contributed by atoms with van der Waals surface area (Å²) in [5.41, 5.74) is 2.69. The molecule has 0 aliphatic carbocycles. The summed E-state index contributed by atoms with van der Waals surface area (Å²) < 4.78 is 4.80. The minimum Gasteiger partial charge on any atom is -0.508 e.